The van der Waals surface area contributed by atoms with Crippen LogP contribution >= 0.6 is 0 Å². The summed E-state index contributed by atoms with van der Waals surface area (Å²) in [7, 11) is 0. The molecule has 0 saturated carbocycles. The molecule has 0 aliphatic heterocycles. The topological polar surface area (TPSA) is 47.6 Å². The lowest BCUT2D eigenvalue weighted by Gasteiger charge is -2.16. The molecule has 0 bridgehead atoms. The number of carbonyl (C=O) groups is 1. The number of hydrogen-bond donors (Lipinski definition) is 1. The second kappa shape index (κ2) is 8.86. The van der Waals surface area contributed by atoms with Gasteiger partial charge in [0, 0.05) is 5.69 Å². The van der Waals surface area contributed by atoms with Gasteiger partial charge in [-0.25, -0.2) is 4.39 Å². The number of ether oxygens (including phenoxy) is 2. The summed E-state index contributed by atoms with van der Waals surface area (Å²) >= 11 is 0. The van der Waals surface area contributed by atoms with E-state index in [1.807, 2.05) is 19.1 Å². The Kier molecular flexibility index (Phi) is 6.25. The van der Waals surface area contributed by atoms with Gasteiger partial charge in [-0.2, -0.15) is 13.2 Å². The first kappa shape index (κ1) is 21.2. The summed E-state index contributed by atoms with van der Waals surface area (Å²) in [6, 6.07) is 14.7. The van der Waals surface area contributed by atoms with Crippen LogP contribution in [0.1, 0.15) is 11.1 Å². The fourth-order valence-corrected chi connectivity index (χ4v) is 2.53. The van der Waals surface area contributed by atoms with Gasteiger partial charge in [0.05, 0.1) is 0 Å². The number of nitrogens with one attached hydrogen (secondary N) is 1. The van der Waals surface area contributed by atoms with Gasteiger partial charge in [0.2, 0.25) is 0 Å². The van der Waals surface area contributed by atoms with E-state index in [4.69, 9.17) is 9.47 Å². The van der Waals surface area contributed by atoms with E-state index in [0.29, 0.717) is 5.75 Å². The molecule has 3 rings (SSSR count). The van der Waals surface area contributed by atoms with Gasteiger partial charge in [0.1, 0.15) is 28.6 Å². The average Bonchev–Trinajstić information content (AvgIpc) is 2.69. The fourth-order valence-electron chi connectivity index (χ4n) is 2.53. The lowest BCUT2D eigenvalue weighted by molar-refractivity contribution is -0.138. The van der Waals surface area contributed by atoms with Crippen molar-refractivity contribution in [3.05, 3.63) is 83.7 Å². The van der Waals surface area contributed by atoms with E-state index < -0.39 is 29.2 Å². The number of benzene rings is 3. The highest BCUT2D eigenvalue weighted by Gasteiger charge is 2.35. The maximum Gasteiger partial charge on any atom is 0.420 e. The van der Waals surface area contributed by atoms with Crippen molar-refractivity contribution < 1.29 is 31.8 Å². The largest absolute Gasteiger partial charge is 0.484 e. The van der Waals surface area contributed by atoms with Gasteiger partial charge >= 0.3 is 6.18 Å². The lowest BCUT2D eigenvalue weighted by atomic mass is 10.1. The average molecular weight is 419 g/mol. The predicted octanol–water partition coefficient (Wildman–Crippen LogP) is 5.96. The van der Waals surface area contributed by atoms with E-state index in [-0.39, 0.29) is 18.0 Å². The first-order valence-corrected chi connectivity index (χ1v) is 8.85. The van der Waals surface area contributed by atoms with Gasteiger partial charge in [0.25, 0.3) is 5.91 Å². The summed E-state index contributed by atoms with van der Waals surface area (Å²) in [6.45, 7) is 1.54. The van der Waals surface area contributed by atoms with Crippen LogP contribution < -0.4 is 14.8 Å². The van der Waals surface area contributed by atoms with E-state index >= 15 is 0 Å². The van der Waals surface area contributed by atoms with Gasteiger partial charge in [0.15, 0.2) is 6.61 Å². The Hall–Kier alpha value is -3.55. The van der Waals surface area contributed by atoms with Crippen LogP contribution in [-0.2, 0) is 11.0 Å². The summed E-state index contributed by atoms with van der Waals surface area (Å²) in [4.78, 5) is 12.0. The maximum absolute atomic E-state index is 13.5. The molecule has 4 nitrogen and oxygen atoms in total. The molecular weight excluding hydrogens is 402 g/mol. The summed E-state index contributed by atoms with van der Waals surface area (Å²) in [5.41, 5.74) is -0.121. The zero-order valence-corrected chi connectivity index (χ0v) is 15.8. The SMILES string of the molecule is Cc1ccc(OCC(=O)Nc2ccc(Oc3ccc(F)cc3)c(C(F)(F)F)c2)cc1. The molecule has 0 spiro atoms. The molecule has 0 aromatic heterocycles. The van der Waals surface area contributed by atoms with E-state index in [1.165, 1.54) is 18.2 Å². The van der Waals surface area contributed by atoms with Gasteiger partial charge in [-0.3, -0.25) is 4.79 Å². The van der Waals surface area contributed by atoms with E-state index in [0.717, 1.165) is 29.8 Å². The van der Waals surface area contributed by atoms with Crippen molar-refractivity contribution in [3.8, 4) is 17.2 Å². The number of amides is 1. The summed E-state index contributed by atoms with van der Waals surface area (Å²) in [6.07, 6.45) is -4.73. The normalized spacial score (nSPS) is 11.1. The zero-order valence-electron chi connectivity index (χ0n) is 15.8. The Bertz CT molecular complexity index is 1020. The molecule has 0 radical (unpaired) electrons. The number of hydrogen-bond acceptors (Lipinski definition) is 3. The molecule has 0 saturated heterocycles. The molecule has 3 aromatic carbocycles. The Morgan fingerprint density at radius 2 is 1.57 bits per heavy atom. The molecule has 0 atom stereocenters. The second-order valence-corrected chi connectivity index (χ2v) is 6.41. The predicted molar refractivity (Wildman–Crippen MR) is 103 cm³/mol. The molecule has 1 N–H and O–H groups in total. The van der Waals surface area contributed by atoms with Crippen molar-refractivity contribution in [2.45, 2.75) is 13.1 Å². The molecular formula is C22H17F4NO3. The monoisotopic (exact) mass is 419 g/mol. The van der Waals surface area contributed by atoms with Crippen LogP contribution in [0.5, 0.6) is 17.2 Å². The molecule has 0 unspecified atom stereocenters. The highest BCUT2D eigenvalue weighted by molar-refractivity contribution is 5.92. The smallest absolute Gasteiger partial charge is 0.420 e. The van der Waals surface area contributed by atoms with Crippen LogP contribution in [0.15, 0.2) is 66.7 Å². The third-order valence-electron chi connectivity index (χ3n) is 4.00. The number of halogens is 4. The van der Waals surface area contributed by atoms with E-state index in [9.17, 15) is 22.4 Å². The molecule has 156 valence electrons. The van der Waals surface area contributed by atoms with Gasteiger partial charge in [-0.15, -0.1) is 0 Å². The van der Waals surface area contributed by atoms with Crippen molar-refractivity contribution >= 4 is 11.6 Å². The highest BCUT2D eigenvalue weighted by Crippen LogP contribution is 2.39. The second-order valence-electron chi connectivity index (χ2n) is 6.41. The summed E-state index contributed by atoms with van der Waals surface area (Å²) < 4.78 is 63.9. The van der Waals surface area contributed by atoms with E-state index in [2.05, 4.69) is 5.32 Å². The molecule has 3 aromatic rings. The third kappa shape index (κ3) is 5.73. The van der Waals surface area contributed by atoms with Crippen molar-refractivity contribution in [1.82, 2.24) is 0 Å². The van der Waals surface area contributed by atoms with Crippen LogP contribution in [-0.4, -0.2) is 12.5 Å². The molecule has 0 fully saturated rings. The van der Waals surface area contributed by atoms with Crippen molar-refractivity contribution in [2.24, 2.45) is 0 Å². The molecule has 30 heavy (non-hydrogen) atoms. The van der Waals surface area contributed by atoms with Gasteiger partial charge in [-0.05, 0) is 61.5 Å². The highest BCUT2D eigenvalue weighted by atomic mass is 19.4. The van der Waals surface area contributed by atoms with Crippen LogP contribution in [0.3, 0.4) is 0 Å². The fraction of sp³-hybridized carbons (Fsp3) is 0.136. The summed E-state index contributed by atoms with van der Waals surface area (Å²) in [5.74, 6) is -1.11. The van der Waals surface area contributed by atoms with Gasteiger partial charge in [-0.1, -0.05) is 17.7 Å². The minimum absolute atomic E-state index is 0.0465. The van der Waals surface area contributed by atoms with Crippen LogP contribution in [0, 0.1) is 12.7 Å². The quantitative estimate of drug-likeness (QED) is 0.502. The third-order valence-corrected chi connectivity index (χ3v) is 4.00. The first-order valence-electron chi connectivity index (χ1n) is 8.85. The molecule has 1 amide bonds. The van der Waals surface area contributed by atoms with Crippen molar-refractivity contribution in [3.63, 3.8) is 0 Å². The van der Waals surface area contributed by atoms with Crippen LogP contribution in [0.2, 0.25) is 0 Å². The molecule has 8 heteroatoms. The number of rotatable bonds is 6. The first-order chi connectivity index (χ1) is 14.2. The van der Waals surface area contributed by atoms with Gasteiger partial charge < -0.3 is 14.8 Å². The molecule has 0 heterocycles. The lowest BCUT2D eigenvalue weighted by Crippen LogP contribution is -2.20. The molecule has 0 aliphatic rings. The van der Waals surface area contributed by atoms with Crippen LogP contribution in [0.25, 0.3) is 0 Å². The van der Waals surface area contributed by atoms with E-state index in [1.54, 1.807) is 12.1 Å². The standard InChI is InChI=1S/C22H17F4NO3/c1-14-2-7-17(8-3-14)29-13-21(28)27-16-6-11-20(19(12-16)22(24,25)26)30-18-9-4-15(23)5-10-18/h2-12H,13H2,1H3,(H,27,28). The Balaban J connectivity index is 1.71. The van der Waals surface area contributed by atoms with Crippen molar-refractivity contribution in [1.29, 1.82) is 0 Å². The minimum atomic E-state index is -4.73. The number of anilines is 1. The number of aryl methyl sites for hydroxylation is 1. The minimum Gasteiger partial charge on any atom is -0.484 e. The summed E-state index contributed by atoms with van der Waals surface area (Å²) in [5, 5.41) is 2.37. The Morgan fingerprint density at radius 1 is 0.933 bits per heavy atom. The maximum atomic E-state index is 13.5. The number of carbonyl (C=O) groups excluding carboxylic acids is 1. The van der Waals surface area contributed by atoms with Crippen LogP contribution in [0.4, 0.5) is 23.2 Å². The Morgan fingerprint density at radius 3 is 2.20 bits per heavy atom. The van der Waals surface area contributed by atoms with Crippen molar-refractivity contribution in [2.75, 3.05) is 11.9 Å². The Labute approximate surface area is 170 Å². The number of alkyl halides is 3. The zero-order chi connectivity index (χ0) is 21.7. The molecule has 0 aliphatic carbocycles.